The Morgan fingerprint density at radius 2 is 2.06 bits per heavy atom. The van der Waals surface area contributed by atoms with Crippen molar-refractivity contribution in [1.29, 1.82) is 0 Å². The van der Waals surface area contributed by atoms with Gasteiger partial charge in [0, 0.05) is 18.0 Å². The minimum Gasteiger partial charge on any atom is -0.384 e. The van der Waals surface area contributed by atoms with Gasteiger partial charge in [-0.25, -0.2) is 9.97 Å². The maximum absolute atomic E-state index is 5.84. The van der Waals surface area contributed by atoms with Gasteiger partial charge >= 0.3 is 0 Å². The van der Waals surface area contributed by atoms with Crippen LogP contribution in [0.15, 0.2) is 6.07 Å². The highest BCUT2D eigenvalue weighted by atomic mass is 15.1. The van der Waals surface area contributed by atoms with Gasteiger partial charge in [-0.15, -0.1) is 0 Å². The average Bonchev–Trinajstić information content (AvgIpc) is 3.07. The summed E-state index contributed by atoms with van der Waals surface area (Å²) >= 11 is 0. The van der Waals surface area contributed by atoms with Gasteiger partial charge in [0.2, 0.25) is 0 Å². The van der Waals surface area contributed by atoms with E-state index >= 15 is 0 Å². The van der Waals surface area contributed by atoms with Crippen molar-refractivity contribution in [3.8, 4) is 0 Å². The van der Waals surface area contributed by atoms with Crippen LogP contribution >= 0.6 is 0 Å². The SMILES string of the molecule is CC(CNc1cc(N)nc(C(C)(C)C)n1)C1CC1. The van der Waals surface area contributed by atoms with Crippen LogP contribution < -0.4 is 11.1 Å². The fourth-order valence-corrected chi connectivity index (χ4v) is 1.99. The summed E-state index contributed by atoms with van der Waals surface area (Å²) < 4.78 is 0. The second-order valence-corrected chi connectivity index (χ2v) is 6.45. The van der Waals surface area contributed by atoms with Crippen LogP contribution in [-0.4, -0.2) is 16.5 Å². The zero-order valence-electron chi connectivity index (χ0n) is 11.8. The Bertz CT molecular complexity index is 418. The molecule has 1 saturated carbocycles. The molecule has 2 rings (SSSR count). The molecule has 0 radical (unpaired) electrons. The van der Waals surface area contributed by atoms with E-state index in [0.29, 0.717) is 11.7 Å². The van der Waals surface area contributed by atoms with Gasteiger partial charge in [-0.1, -0.05) is 27.7 Å². The number of nitrogens with one attached hydrogen (secondary N) is 1. The first-order valence-corrected chi connectivity index (χ1v) is 6.75. The molecule has 100 valence electrons. The third-order valence-corrected chi connectivity index (χ3v) is 3.45. The number of rotatable bonds is 4. The maximum atomic E-state index is 5.84. The quantitative estimate of drug-likeness (QED) is 0.860. The van der Waals surface area contributed by atoms with Gasteiger partial charge in [0.05, 0.1) is 0 Å². The molecule has 0 aliphatic heterocycles. The van der Waals surface area contributed by atoms with Crippen molar-refractivity contribution >= 4 is 11.6 Å². The summed E-state index contributed by atoms with van der Waals surface area (Å²) in [5.41, 5.74) is 5.77. The Kier molecular flexibility index (Phi) is 3.46. The number of nitrogen functional groups attached to an aromatic ring is 1. The van der Waals surface area contributed by atoms with Crippen molar-refractivity contribution in [1.82, 2.24) is 9.97 Å². The summed E-state index contributed by atoms with van der Waals surface area (Å²) in [4.78, 5) is 8.86. The monoisotopic (exact) mass is 248 g/mol. The molecule has 1 unspecified atom stereocenters. The molecule has 4 nitrogen and oxygen atoms in total. The number of hydrogen-bond acceptors (Lipinski definition) is 4. The van der Waals surface area contributed by atoms with Crippen LogP contribution in [0.25, 0.3) is 0 Å². The first kappa shape index (κ1) is 13.1. The summed E-state index contributed by atoms with van der Waals surface area (Å²) in [6.07, 6.45) is 2.75. The predicted molar refractivity (Wildman–Crippen MR) is 75.5 cm³/mol. The van der Waals surface area contributed by atoms with Crippen LogP contribution in [-0.2, 0) is 5.41 Å². The van der Waals surface area contributed by atoms with Crippen molar-refractivity contribution < 1.29 is 0 Å². The van der Waals surface area contributed by atoms with E-state index in [0.717, 1.165) is 24.1 Å². The minimum atomic E-state index is -0.0755. The van der Waals surface area contributed by atoms with E-state index in [2.05, 4.69) is 43.0 Å². The van der Waals surface area contributed by atoms with Crippen LogP contribution in [0.4, 0.5) is 11.6 Å². The van der Waals surface area contributed by atoms with Crippen molar-refractivity contribution in [2.24, 2.45) is 11.8 Å². The zero-order valence-corrected chi connectivity index (χ0v) is 11.8. The van der Waals surface area contributed by atoms with Crippen molar-refractivity contribution in [2.75, 3.05) is 17.6 Å². The molecule has 0 bridgehead atoms. The molecule has 4 heteroatoms. The molecule has 1 aromatic heterocycles. The number of anilines is 2. The van der Waals surface area contributed by atoms with Gasteiger partial charge in [-0.05, 0) is 24.7 Å². The summed E-state index contributed by atoms with van der Waals surface area (Å²) in [7, 11) is 0. The summed E-state index contributed by atoms with van der Waals surface area (Å²) in [6.45, 7) is 9.54. The second-order valence-electron chi connectivity index (χ2n) is 6.45. The lowest BCUT2D eigenvalue weighted by atomic mass is 9.96. The molecule has 18 heavy (non-hydrogen) atoms. The lowest BCUT2D eigenvalue weighted by Crippen LogP contribution is -2.20. The predicted octanol–water partition coefficient (Wildman–Crippen LogP) is 2.81. The fraction of sp³-hybridized carbons (Fsp3) is 0.714. The molecular weight excluding hydrogens is 224 g/mol. The number of nitrogens with two attached hydrogens (primary N) is 1. The lowest BCUT2D eigenvalue weighted by Gasteiger charge is -2.19. The summed E-state index contributed by atoms with van der Waals surface area (Å²) in [5, 5.41) is 3.39. The van der Waals surface area contributed by atoms with E-state index in [1.54, 1.807) is 0 Å². The first-order valence-electron chi connectivity index (χ1n) is 6.75. The van der Waals surface area contributed by atoms with Gasteiger partial charge in [0.25, 0.3) is 0 Å². The Morgan fingerprint density at radius 3 is 2.61 bits per heavy atom. The molecule has 1 aliphatic carbocycles. The molecule has 0 aromatic carbocycles. The molecule has 1 aromatic rings. The number of aromatic nitrogens is 2. The molecule has 1 heterocycles. The molecule has 1 atom stereocenters. The van der Waals surface area contributed by atoms with E-state index < -0.39 is 0 Å². The molecule has 0 saturated heterocycles. The molecule has 3 N–H and O–H groups in total. The molecule has 0 spiro atoms. The van der Waals surface area contributed by atoms with Crippen molar-refractivity contribution in [3.05, 3.63) is 11.9 Å². The summed E-state index contributed by atoms with van der Waals surface area (Å²) in [5.74, 6) is 3.79. The lowest BCUT2D eigenvalue weighted by molar-refractivity contribution is 0.531. The molecule has 0 amide bonds. The van der Waals surface area contributed by atoms with E-state index in [-0.39, 0.29) is 5.41 Å². The summed E-state index contributed by atoms with van der Waals surface area (Å²) in [6, 6.07) is 1.81. The highest BCUT2D eigenvalue weighted by Gasteiger charge is 2.27. The Balaban J connectivity index is 2.05. The third kappa shape index (κ3) is 3.34. The van der Waals surface area contributed by atoms with Crippen LogP contribution in [0, 0.1) is 11.8 Å². The first-order chi connectivity index (χ1) is 8.36. The average molecular weight is 248 g/mol. The normalized spacial score (nSPS) is 17.6. The van der Waals surface area contributed by atoms with Crippen LogP contribution in [0.3, 0.4) is 0 Å². The van der Waals surface area contributed by atoms with Gasteiger partial charge in [-0.3, -0.25) is 0 Å². The minimum absolute atomic E-state index is 0.0755. The zero-order chi connectivity index (χ0) is 13.3. The van der Waals surface area contributed by atoms with Gasteiger partial charge < -0.3 is 11.1 Å². The second kappa shape index (κ2) is 4.75. The fourth-order valence-electron chi connectivity index (χ4n) is 1.99. The van der Waals surface area contributed by atoms with E-state index in [1.165, 1.54) is 12.8 Å². The smallest absolute Gasteiger partial charge is 0.138 e. The Labute approximate surface area is 109 Å². The van der Waals surface area contributed by atoms with Crippen LogP contribution in [0.1, 0.15) is 46.4 Å². The van der Waals surface area contributed by atoms with Crippen LogP contribution in [0.2, 0.25) is 0 Å². The van der Waals surface area contributed by atoms with Crippen molar-refractivity contribution in [3.63, 3.8) is 0 Å². The van der Waals surface area contributed by atoms with E-state index in [4.69, 9.17) is 5.73 Å². The van der Waals surface area contributed by atoms with Crippen molar-refractivity contribution in [2.45, 2.75) is 46.0 Å². The van der Waals surface area contributed by atoms with Gasteiger partial charge in [0.1, 0.15) is 17.5 Å². The van der Waals surface area contributed by atoms with Gasteiger partial charge in [-0.2, -0.15) is 0 Å². The van der Waals surface area contributed by atoms with E-state index in [1.807, 2.05) is 6.07 Å². The largest absolute Gasteiger partial charge is 0.384 e. The molecule has 1 aliphatic rings. The standard InChI is InChI=1S/C14H24N4/c1-9(10-5-6-10)8-16-12-7-11(15)17-13(18-12)14(2,3)4/h7,9-10H,5-6,8H2,1-4H3,(H3,15,16,17,18). The highest BCUT2D eigenvalue weighted by Crippen LogP contribution is 2.36. The topological polar surface area (TPSA) is 63.8 Å². The number of nitrogens with zero attached hydrogens (tertiary/aromatic N) is 2. The Morgan fingerprint density at radius 1 is 1.39 bits per heavy atom. The molecule has 1 fully saturated rings. The maximum Gasteiger partial charge on any atom is 0.138 e. The third-order valence-electron chi connectivity index (χ3n) is 3.45. The van der Waals surface area contributed by atoms with Gasteiger partial charge in [0.15, 0.2) is 0 Å². The number of hydrogen-bond donors (Lipinski definition) is 2. The molecular formula is C14H24N4. The van der Waals surface area contributed by atoms with E-state index in [9.17, 15) is 0 Å². The Hall–Kier alpha value is -1.32. The highest BCUT2D eigenvalue weighted by molar-refractivity contribution is 5.45. The van der Waals surface area contributed by atoms with Crippen LogP contribution in [0.5, 0.6) is 0 Å².